The molecule has 1 heterocycles. The Labute approximate surface area is 184 Å². The van der Waals surface area contributed by atoms with E-state index in [1.165, 1.54) is 5.57 Å². The summed E-state index contributed by atoms with van der Waals surface area (Å²) in [6, 6.07) is 17.5. The molecule has 2 aliphatic rings. The number of methoxy groups -OCH3 is 1. The molecule has 2 aromatic carbocycles. The molecule has 1 aliphatic carbocycles. The van der Waals surface area contributed by atoms with Crippen molar-refractivity contribution in [3.8, 4) is 5.75 Å². The summed E-state index contributed by atoms with van der Waals surface area (Å²) in [6.45, 7) is 7.53. The molecule has 4 rings (SSSR count). The van der Waals surface area contributed by atoms with Gasteiger partial charge >= 0.3 is 6.09 Å². The molecule has 1 N–H and O–H groups in total. The molecule has 1 amide bonds. The van der Waals surface area contributed by atoms with Crippen LogP contribution in [0.15, 0.2) is 66.2 Å². The standard InChI is InChI=1S/C26H31NO4/c1-17-14-18(2)26(16-31-25(28)27-21-8-6-5-7-9-21)15-30-24(23(17)19(26)3)20-10-12-22(29-4)13-11-20/h5-14,18-19,23-24H,15-16H2,1-4H3,(H,27,28)/t18-,19+,23-,24+,26+/m0/s1. The predicted molar refractivity (Wildman–Crippen MR) is 121 cm³/mol. The van der Waals surface area contributed by atoms with Crippen LogP contribution in [0.3, 0.4) is 0 Å². The van der Waals surface area contributed by atoms with Gasteiger partial charge in [0.25, 0.3) is 0 Å². The Morgan fingerprint density at radius 1 is 1.13 bits per heavy atom. The molecular weight excluding hydrogens is 390 g/mol. The van der Waals surface area contributed by atoms with Gasteiger partial charge in [0.05, 0.1) is 19.8 Å². The molecule has 1 saturated heterocycles. The van der Waals surface area contributed by atoms with Crippen molar-refractivity contribution in [2.45, 2.75) is 26.9 Å². The van der Waals surface area contributed by atoms with E-state index >= 15 is 0 Å². The van der Waals surface area contributed by atoms with Crippen molar-refractivity contribution >= 4 is 11.8 Å². The van der Waals surface area contributed by atoms with Crippen molar-refractivity contribution < 1.29 is 19.0 Å². The maximum atomic E-state index is 12.4. The minimum Gasteiger partial charge on any atom is -0.497 e. The van der Waals surface area contributed by atoms with Crippen LogP contribution in [0.4, 0.5) is 10.5 Å². The number of ether oxygens (including phenoxy) is 3. The van der Waals surface area contributed by atoms with Crippen LogP contribution < -0.4 is 10.1 Å². The number of carbonyl (C=O) groups excluding carboxylic acids is 1. The number of nitrogens with one attached hydrogen (secondary N) is 1. The van der Waals surface area contributed by atoms with Crippen LogP contribution >= 0.6 is 0 Å². The highest BCUT2D eigenvalue weighted by Crippen LogP contribution is 2.56. The third-order valence-electron chi connectivity index (χ3n) is 7.19. The third kappa shape index (κ3) is 4.07. The third-order valence-corrected chi connectivity index (χ3v) is 7.19. The molecule has 164 valence electrons. The second kappa shape index (κ2) is 8.75. The highest BCUT2D eigenvalue weighted by molar-refractivity contribution is 5.84. The van der Waals surface area contributed by atoms with Crippen molar-refractivity contribution in [1.82, 2.24) is 0 Å². The van der Waals surface area contributed by atoms with Crippen molar-refractivity contribution in [2.24, 2.45) is 23.2 Å². The van der Waals surface area contributed by atoms with Crippen LogP contribution in [0, 0.1) is 23.2 Å². The molecule has 0 unspecified atom stereocenters. The minimum absolute atomic E-state index is 0.0177. The van der Waals surface area contributed by atoms with E-state index in [0.717, 1.165) is 17.0 Å². The van der Waals surface area contributed by atoms with Gasteiger partial charge in [-0.05, 0) is 48.6 Å². The van der Waals surface area contributed by atoms with Crippen LogP contribution in [0.1, 0.15) is 32.4 Å². The van der Waals surface area contributed by atoms with Crippen molar-refractivity contribution in [3.05, 3.63) is 71.8 Å². The fraction of sp³-hybridized carbons (Fsp3) is 0.423. The molecule has 1 fully saturated rings. The molecule has 2 bridgehead atoms. The van der Waals surface area contributed by atoms with Crippen LogP contribution in [0.25, 0.3) is 0 Å². The molecule has 0 radical (unpaired) electrons. The highest BCUT2D eigenvalue weighted by atomic mass is 16.6. The number of carbonyl (C=O) groups is 1. The first-order chi connectivity index (χ1) is 14.9. The molecule has 31 heavy (non-hydrogen) atoms. The zero-order valence-electron chi connectivity index (χ0n) is 18.6. The molecular formula is C26H31NO4. The summed E-state index contributed by atoms with van der Waals surface area (Å²) in [5, 5.41) is 2.81. The number of benzene rings is 2. The number of anilines is 1. The normalized spacial score (nSPS) is 29.6. The van der Waals surface area contributed by atoms with Crippen LogP contribution in [0.5, 0.6) is 5.75 Å². The smallest absolute Gasteiger partial charge is 0.411 e. The fourth-order valence-electron chi connectivity index (χ4n) is 5.23. The lowest BCUT2D eigenvalue weighted by Crippen LogP contribution is -2.54. The average molecular weight is 422 g/mol. The van der Waals surface area contributed by atoms with Crippen molar-refractivity contribution in [1.29, 1.82) is 0 Å². The zero-order chi connectivity index (χ0) is 22.0. The van der Waals surface area contributed by atoms with E-state index in [9.17, 15) is 4.79 Å². The number of hydrogen-bond acceptors (Lipinski definition) is 4. The molecule has 2 aromatic rings. The Hall–Kier alpha value is -2.79. The number of rotatable bonds is 5. The lowest BCUT2D eigenvalue weighted by molar-refractivity contribution is -0.165. The number of amides is 1. The average Bonchev–Trinajstić information content (AvgIpc) is 2.77. The summed E-state index contributed by atoms with van der Waals surface area (Å²) in [5.74, 6) is 1.63. The summed E-state index contributed by atoms with van der Waals surface area (Å²) in [4.78, 5) is 12.4. The van der Waals surface area contributed by atoms with Crippen molar-refractivity contribution in [3.63, 3.8) is 0 Å². The number of para-hydroxylation sites is 1. The molecule has 5 nitrogen and oxygen atoms in total. The summed E-state index contributed by atoms with van der Waals surface area (Å²) >= 11 is 0. The van der Waals surface area contributed by atoms with E-state index in [-0.39, 0.29) is 23.4 Å². The summed E-state index contributed by atoms with van der Waals surface area (Å²) < 4.78 is 17.5. The van der Waals surface area contributed by atoms with Crippen LogP contribution in [-0.2, 0) is 9.47 Å². The lowest BCUT2D eigenvalue weighted by Gasteiger charge is -2.55. The van der Waals surface area contributed by atoms with Gasteiger partial charge in [-0.1, -0.05) is 55.8 Å². The van der Waals surface area contributed by atoms with Crippen LogP contribution in [0.2, 0.25) is 0 Å². The first-order valence-corrected chi connectivity index (χ1v) is 10.9. The highest BCUT2D eigenvalue weighted by Gasteiger charge is 2.54. The molecule has 0 saturated carbocycles. The maximum Gasteiger partial charge on any atom is 0.411 e. The van der Waals surface area contributed by atoms with Gasteiger partial charge in [-0.3, -0.25) is 5.32 Å². The van der Waals surface area contributed by atoms with E-state index in [2.05, 4.69) is 44.3 Å². The first-order valence-electron chi connectivity index (χ1n) is 10.9. The minimum atomic E-state index is -0.430. The molecule has 5 heteroatoms. The van der Waals surface area contributed by atoms with E-state index in [1.54, 1.807) is 7.11 Å². The Kier molecular flexibility index (Phi) is 6.05. The first kappa shape index (κ1) is 21.4. The van der Waals surface area contributed by atoms with Gasteiger partial charge in [0, 0.05) is 17.0 Å². The van der Waals surface area contributed by atoms with Gasteiger partial charge in [0.2, 0.25) is 0 Å². The van der Waals surface area contributed by atoms with E-state index in [0.29, 0.717) is 19.1 Å². The predicted octanol–water partition coefficient (Wildman–Crippen LogP) is 5.85. The Morgan fingerprint density at radius 3 is 2.52 bits per heavy atom. The van der Waals surface area contributed by atoms with E-state index in [4.69, 9.17) is 14.2 Å². The molecule has 5 atom stereocenters. The van der Waals surface area contributed by atoms with Crippen molar-refractivity contribution in [2.75, 3.05) is 25.6 Å². The van der Waals surface area contributed by atoms with Gasteiger partial charge in [-0.15, -0.1) is 0 Å². The monoisotopic (exact) mass is 421 g/mol. The second-order valence-electron chi connectivity index (χ2n) is 8.82. The lowest BCUT2D eigenvalue weighted by atomic mass is 9.56. The number of hydrogen-bond donors (Lipinski definition) is 1. The van der Waals surface area contributed by atoms with Crippen LogP contribution in [-0.4, -0.2) is 26.4 Å². The second-order valence-corrected chi connectivity index (χ2v) is 8.82. The largest absolute Gasteiger partial charge is 0.497 e. The quantitative estimate of drug-likeness (QED) is 0.615. The SMILES string of the molecule is COc1ccc([C@H]2OC[C@]3(COC(=O)Nc4ccccc4)[C@H](C)[C@@H]2C(C)=C[C@@H]3C)cc1. The Balaban J connectivity index is 1.51. The summed E-state index contributed by atoms with van der Waals surface area (Å²) in [5.41, 5.74) is 2.96. The number of allylic oxidation sites excluding steroid dienone is 1. The fourth-order valence-corrected chi connectivity index (χ4v) is 5.23. The van der Waals surface area contributed by atoms with Gasteiger partial charge in [0.15, 0.2) is 0 Å². The number of fused-ring (bicyclic) bond motifs is 2. The van der Waals surface area contributed by atoms with Gasteiger partial charge in [-0.2, -0.15) is 0 Å². The maximum absolute atomic E-state index is 12.4. The summed E-state index contributed by atoms with van der Waals surface area (Å²) in [6.07, 6.45) is 1.89. The van der Waals surface area contributed by atoms with E-state index in [1.807, 2.05) is 42.5 Å². The Bertz CT molecular complexity index is 940. The topological polar surface area (TPSA) is 56.8 Å². The summed E-state index contributed by atoms with van der Waals surface area (Å²) in [7, 11) is 1.67. The zero-order valence-corrected chi connectivity index (χ0v) is 18.6. The van der Waals surface area contributed by atoms with Gasteiger partial charge in [-0.25, -0.2) is 4.79 Å². The van der Waals surface area contributed by atoms with E-state index < -0.39 is 6.09 Å². The Morgan fingerprint density at radius 2 is 1.84 bits per heavy atom. The van der Waals surface area contributed by atoms with Gasteiger partial charge in [0.1, 0.15) is 12.4 Å². The molecule has 0 spiro atoms. The molecule has 0 aromatic heterocycles. The molecule has 1 aliphatic heterocycles. The van der Waals surface area contributed by atoms with Gasteiger partial charge < -0.3 is 14.2 Å².